The standard InChI is InChI=1S/C18H26N2O3/c1-4-11-18(12-5-2)17(22)19(13-16(21)23-3)14-20(18)15-9-7-6-8-10-15/h6-10H,4-5,11-14H2,1-3H3. The number of esters is 1. The van der Waals surface area contributed by atoms with Gasteiger partial charge in [0, 0.05) is 5.69 Å². The quantitative estimate of drug-likeness (QED) is 0.725. The molecule has 1 aromatic rings. The molecule has 0 N–H and O–H groups in total. The number of nitrogens with zero attached hydrogens (tertiary/aromatic N) is 2. The van der Waals surface area contributed by atoms with Gasteiger partial charge in [-0.15, -0.1) is 0 Å². The molecule has 0 radical (unpaired) electrons. The van der Waals surface area contributed by atoms with E-state index in [1.165, 1.54) is 7.11 Å². The number of carbonyl (C=O) groups is 2. The Morgan fingerprint density at radius 2 is 1.78 bits per heavy atom. The summed E-state index contributed by atoms with van der Waals surface area (Å²) in [7, 11) is 1.35. The van der Waals surface area contributed by atoms with E-state index in [9.17, 15) is 9.59 Å². The molecule has 1 aliphatic rings. The van der Waals surface area contributed by atoms with Crippen LogP contribution < -0.4 is 4.90 Å². The average Bonchev–Trinajstić information content (AvgIpc) is 2.82. The van der Waals surface area contributed by atoms with Crippen molar-refractivity contribution in [2.24, 2.45) is 0 Å². The Bertz CT molecular complexity index is 538. The Hall–Kier alpha value is -2.04. The first-order valence-corrected chi connectivity index (χ1v) is 8.28. The molecule has 1 fully saturated rings. The van der Waals surface area contributed by atoms with Gasteiger partial charge in [0.15, 0.2) is 0 Å². The zero-order valence-corrected chi connectivity index (χ0v) is 14.2. The third-order valence-electron chi connectivity index (χ3n) is 4.46. The van der Waals surface area contributed by atoms with Gasteiger partial charge in [-0.3, -0.25) is 9.59 Å². The molecule has 0 atom stereocenters. The van der Waals surface area contributed by atoms with E-state index in [1.54, 1.807) is 4.90 Å². The number of hydrogen-bond acceptors (Lipinski definition) is 4. The second-order valence-corrected chi connectivity index (χ2v) is 6.02. The highest BCUT2D eigenvalue weighted by molar-refractivity contribution is 5.95. The smallest absolute Gasteiger partial charge is 0.325 e. The molecule has 0 saturated carbocycles. The fourth-order valence-corrected chi connectivity index (χ4v) is 3.49. The summed E-state index contributed by atoms with van der Waals surface area (Å²) >= 11 is 0. The van der Waals surface area contributed by atoms with E-state index in [-0.39, 0.29) is 18.4 Å². The van der Waals surface area contributed by atoms with Gasteiger partial charge in [0.1, 0.15) is 12.1 Å². The van der Waals surface area contributed by atoms with Crippen molar-refractivity contribution in [1.29, 1.82) is 0 Å². The number of ether oxygens (including phenoxy) is 1. The number of para-hydroxylation sites is 1. The first-order chi connectivity index (χ1) is 11.1. The van der Waals surface area contributed by atoms with E-state index in [0.717, 1.165) is 31.4 Å². The summed E-state index contributed by atoms with van der Waals surface area (Å²) < 4.78 is 4.74. The minimum Gasteiger partial charge on any atom is -0.468 e. The molecule has 0 bridgehead atoms. The average molecular weight is 318 g/mol. The van der Waals surface area contributed by atoms with E-state index in [4.69, 9.17) is 4.74 Å². The molecule has 126 valence electrons. The second-order valence-electron chi connectivity index (χ2n) is 6.02. The monoisotopic (exact) mass is 318 g/mol. The van der Waals surface area contributed by atoms with Gasteiger partial charge in [0.05, 0.1) is 13.8 Å². The number of methoxy groups -OCH3 is 1. The Balaban J connectivity index is 2.39. The predicted octanol–water partition coefficient (Wildman–Crippen LogP) is 2.80. The fourth-order valence-electron chi connectivity index (χ4n) is 3.49. The van der Waals surface area contributed by atoms with Gasteiger partial charge in [0.25, 0.3) is 0 Å². The maximum Gasteiger partial charge on any atom is 0.325 e. The number of carbonyl (C=O) groups excluding carboxylic acids is 2. The molecular formula is C18H26N2O3. The van der Waals surface area contributed by atoms with Crippen molar-refractivity contribution < 1.29 is 14.3 Å². The maximum absolute atomic E-state index is 13.1. The second kappa shape index (κ2) is 7.49. The molecular weight excluding hydrogens is 292 g/mol. The predicted molar refractivity (Wildman–Crippen MR) is 90.1 cm³/mol. The van der Waals surface area contributed by atoms with Crippen LogP contribution >= 0.6 is 0 Å². The van der Waals surface area contributed by atoms with Crippen molar-refractivity contribution in [1.82, 2.24) is 4.90 Å². The largest absolute Gasteiger partial charge is 0.468 e. The van der Waals surface area contributed by atoms with Crippen molar-refractivity contribution in [2.45, 2.75) is 45.1 Å². The molecule has 5 nitrogen and oxygen atoms in total. The summed E-state index contributed by atoms with van der Waals surface area (Å²) in [5, 5.41) is 0. The van der Waals surface area contributed by atoms with Crippen molar-refractivity contribution in [2.75, 3.05) is 25.2 Å². The van der Waals surface area contributed by atoms with Crippen molar-refractivity contribution in [3.8, 4) is 0 Å². The lowest BCUT2D eigenvalue weighted by molar-refractivity contribution is -0.146. The first-order valence-electron chi connectivity index (χ1n) is 8.28. The van der Waals surface area contributed by atoms with Crippen molar-refractivity contribution in [3.63, 3.8) is 0 Å². The lowest BCUT2D eigenvalue weighted by atomic mass is 9.86. The minimum absolute atomic E-state index is 0.00778. The van der Waals surface area contributed by atoms with E-state index >= 15 is 0 Å². The summed E-state index contributed by atoms with van der Waals surface area (Å²) in [6.07, 6.45) is 3.40. The lowest BCUT2D eigenvalue weighted by Crippen LogP contribution is -2.49. The topological polar surface area (TPSA) is 49.9 Å². The van der Waals surface area contributed by atoms with Crippen LogP contribution in [0.25, 0.3) is 0 Å². The lowest BCUT2D eigenvalue weighted by Gasteiger charge is -2.37. The SMILES string of the molecule is CCCC1(CCC)C(=O)N(CC(=O)OC)CN1c1ccccc1. The fraction of sp³-hybridized carbons (Fsp3) is 0.556. The Morgan fingerprint density at radius 3 is 2.30 bits per heavy atom. The molecule has 1 amide bonds. The van der Waals surface area contributed by atoms with Crippen LogP contribution in [0, 0.1) is 0 Å². The van der Waals surface area contributed by atoms with E-state index in [2.05, 4.69) is 18.7 Å². The molecule has 5 heteroatoms. The maximum atomic E-state index is 13.1. The highest BCUT2D eigenvalue weighted by Gasteiger charge is 2.51. The summed E-state index contributed by atoms with van der Waals surface area (Å²) in [5.41, 5.74) is 0.467. The third kappa shape index (κ3) is 3.33. The Morgan fingerprint density at radius 1 is 1.17 bits per heavy atom. The van der Waals surface area contributed by atoms with Crippen LogP contribution in [-0.2, 0) is 14.3 Å². The highest BCUT2D eigenvalue weighted by Crippen LogP contribution is 2.38. The summed E-state index contributed by atoms with van der Waals surface area (Å²) in [5.74, 6) is -0.342. The first kappa shape index (κ1) is 17.3. The zero-order valence-electron chi connectivity index (χ0n) is 14.2. The van der Waals surface area contributed by atoms with Crippen LogP contribution in [0.5, 0.6) is 0 Å². The molecule has 1 saturated heterocycles. The van der Waals surface area contributed by atoms with Gasteiger partial charge >= 0.3 is 5.97 Å². The number of hydrogen-bond donors (Lipinski definition) is 0. The van der Waals surface area contributed by atoms with Crippen molar-refractivity contribution >= 4 is 17.6 Å². The zero-order chi connectivity index (χ0) is 16.9. The molecule has 0 aromatic heterocycles. The molecule has 0 spiro atoms. The molecule has 1 aromatic carbocycles. The summed E-state index contributed by atoms with van der Waals surface area (Å²) in [6, 6.07) is 9.97. The Kier molecular flexibility index (Phi) is 5.64. The molecule has 1 aliphatic heterocycles. The van der Waals surface area contributed by atoms with Gasteiger partial charge in [-0.25, -0.2) is 0 Å². The van der Waals surface area contributed by atoms with Gasteiger partial charge in [-0.1, -0.05) is 44.9 Å². The Labute approximate surface area is 138 Å². The van der Waals surface area contributed by atoms with Crippen LogP contribution in [0.4, 0.5) is 5.69 Å². The van der Waals surface area contributed by atoms with Crippen LogP contribution in [0.2, 0.25) is 0 Å². The van der Waals surface area contributed by atoms with Gasteiger partial charge in [-0.2, -0.15) is 0 Å². The van der Waals surface area contributed by atoms with Crippen LogP contribution in [0.15, 0.2) is 30.3 Å². The highest BCUT2D eigenvalue weighted by atomic mass is 16.5. The number of amides is 1. The molecule has 0 aliphatic carbocycles. The van der Waals surface area contributed by atoms with Gasteiger partial charge < -0.3 is 14.5 Å². The van der Waals surface area contributed by atoms with Crippen LogP contribution in [0.1, 0.15) is 39.5 Å². The summed E-state index contributed by atoms with van der Waals surface area (Å²) in [4.78, 5) is 28.5. The van der Waals surface area contributed by atoms with Gasteiger partial charge in [-0.05, 0) is 25.0 Å². The van der Waals surface area contributed by atoms with E-state index in [0.29, 0.717) is 6.67 Å². The van der Waals surface area contributed by atoms with Crippen LogP contribution in [-0.4, -0.2) is 42.6 Å². The minimum atomic E-state index is -0.557. The molecule has 2 rings (SSSR count). The van der Waals surface area contributed by atoms with E-state index in [1.807, 2.05) is 30.3 Å². The summed E-state index contributed by atoms with van der Waals surface area (Å²) in [6.45, 7) is 4.62. The van der Waals surface area contributed by atoms with Crippen molar-refractivity contribution in [3.05, 3.63) is 30.3 Å². The molecule has 0 unspecified atom stereocenters. The van der Waals surface area contributed by atoms with Crippen LogP contribution in [0.3, 0.4) is 0 Å². The van der Waals surface area contributed by atoms with Gasteiger partial charge in [0.2, 0.25) is 5.91 Å². The van der Waals surface area contributed by atoms with E-state index < -0.39 is 5.54 Å². The molecule has 23 heavy (non-hydrogen) atoms. The molecule has 1 heterocycles. The normalized spacial score (nSPS) is 16.7. The number of rotatable bonds is 7. The third-order valence-corrected chi connectivity index (χ3v) is 4.46. The number of anilines is 1. The number of benzene rings is 1.